The normalized spacial score (nSPS) is 19.9. The molecule has 4 nitrogen and oxygen atoms in total. The summed E-state index contributed by atoms with van der Waals surface area (Å²) in [5.74, 6) is 0.222. The highest BCUT2D eigenvalue weighted by Gasteiger charge is 2.42. The van der Waals surface area contributed by atoms with Gasteiger partial charge in [-0.15, -0.1) is 24.0 Å². The molecule has 1 saturated carbocycles. The van der Waals surface area contributed by atoms with E-state index in [2.05, 4.69) is 15.6 Å². The van der Waals surface area contributed by atoms with E-state index in [4.69, 9.17) is 4.42 Å². The van der Waals surface area contributed by atoms with Crippen molar-refractivity contribution in [2.24, 2.45) is 4.99 Å². The molecule has 2 unspecified atom stereocenters. The molecule has 0 saturated heterocycles. The highest BCUT2D eigenvalue weighted by atomic mass is 127. The molecule has 3 rings (SSSR count). The van der Waals surface area contributed by atoms with Crippen molar-refractivity contribution in [3.8, 4) is 0 Å². The van der Waals surface area contributed by atoms with Gasteiger partial charge in [-0.25, -0.2) is 8.78 Å². The van der Waals surface area contributed by atoms with Crippen LogP contribution in [0.1, 0.15) is 23.7 Å². The maximum absolute atomic E-state index is 13.7. The van der Waals surface area contributed by atoms with Gasteiger partial charge in [0.05, 0.1) is 12.8 Å². The van der Waals surface area contributed by atoms with E-state index in [0.717, 1.165) is 5.76 Å². The number of furan rings is 1. The zero-order chi connectivity index (χ0) is 15.5. The molecule has 0 radical (unpaired) electrons. The summed E-state index contributed by atoms with van der Waals surface area (Å²) in [6, 6.07) is 7.60. The number of halogens is 3. The summed E-state index contributed by atoms with van der Waals surface area (Å²) in [5, 5.41) is 6.27. The first-order chi connectivity index (χ1) is 10.7. The first-order valence-electron chi connectivity index (χ1n) is 7.12. The molecule has 2 atom stereocenters. The van der Waals surface area contributed by atoms with Gasteiger partial charge in [-0.1, -0.05) is 6.07 Å². The van der Waals surface area contributed by atoms with Gasteiger partial charge in [-0.2, -0.15) is 0 Å². The summed E-state index contributed by atoms with van der Waals surface area (Å²) < 4.78 is 32.7. The maximum atomic E-state index is 13.7. The standard InChI is InChI=1S/C16H17F2N3O.HI/c1-19-16(20-9-10-4-3-7-22-10)21-14-8-11(14)15-12(17)5-2-6-13(15)18;/h2-7,11,14H,8-9H2,1H3,(H2,19,20,21);1H. The fourth-order valence-corrected chi connectivity index (χ4v) is 2.49. The van der Waals surface area contributed by atoms with Gasteiger partial charge >= 0.3 is 0 Å². The van der Waals surface area contributed by atoms with Gasteiger partial charge in [0.2, 0.25) is 0 Å². The van der Waals surface area contributed by atoms with Gasteiger partial charge in [-0.05, 0) is 30.7 Å². The van der Waals surface area contributed by atoms with Crippen molar-refractivity contribution < 1.29 is 13.2 Å². The summed E-state index contributed by atoms with van der Waals surface area (Å²) in [5.41, 5.74) is 0.154. The topological polar surface area (TPSA) is 49.6 Å². The number of rotatable bonds is 4. The third kappa shape index (κ3) is 4.21. The first kappa shape index (κ1) is 17.7. The zero-order valence-corrected chi connectivity index (χ0v) is 14.9. The van der Waals surface area contributed by atoms with Gasteiger partial charge in [0.1, 0.15) is 17.4 Å². The third-order valence-electron chi connectivity index (χ3n) is 3.72. The molecule has 1 heterocycles. The highest BCUT2D eigenvalue weighted by Crippen LogP contribution is 2.42. The fourth-order valence-electron chi connectivity index (χ4n) is 2.49. The molecule has 7 heteroatoms. The number of guanidine groups is 1. The Morgan fingerprint density at radius 1 is 1.26 bits per heavy atom. The lowest BCUT2D eigenvalue weighted by Crippen LogP contribution is -2.38. The van der Waals surface area contributed by atoms with Crippen molar-refractivity contribution in [3.63, 3.8) is 0 Å². The van der Waals surface area contributed by atoms with Crippen LogP contribution in [0.5, 0.6) is 0 Å². The molecule has 0 bridgehead atoms. The molecule has 1 aliphatic carbocycles. The molecule has 23 heavy (non-hydrogen) atoms. The first-order valence-corrected chi connectivity index (χ1v) is 7.12. The van der Waals surface area contributed by atoms with Crippen molar-refractivity contribution in [1.29, 1.82) is 0 Å². The van der Waals surface area contributed by atoms with Crippen molar-refractivity contribution in [2.75, 3.05) is 7.05 Å². The Morgan fingerprint density at radius 2 is 2.00 bits per heavy atom. The lowest BCUT2D eigenvalue weighted by atomic mass is 10.1. The van der Waals surface area contributed by atoms with Gasteiger partial charge in [-0.3, -0.25) is 4.99 Å². The molecule has 0 amide bonds. The Bertz CT molecular complexity index is 656. The lowest BCUT2D eigenvalue weighted by Gasteiger charge is -2.11. The van der Waals surface area contributed by atoms with E-state index in [1.54, 1.807) is 13.3 Å². The van der Waals surface area contributed by atoms with E-state index in [9.17, 15) is 8.78 Å². The van der Waals surface area contributed by atoms with Gasteiger partial charge in [0, 0.05) is 24.6 Å². The largest absolute Gasteiger partial charge is 0.467 e. The van der Waals surface area contributed by atoms with Crippen LogP contribution in [0, 0.1) is 11.6 Å². The number of nitrogens with zero attached hydrogens (tertiary/aromatic N) is 1. The van der Waals surface area contributed by atoms with Crippen molar-refractivity contribution in [1.82, 2.24) is 10.6 Å². The Kier molecular flexibility index (Phi) is 5.97. The maximum Gasteiger partial charge on any atom is 0.191 e. The van der Waals surface area contributed by atoms with Crippen LogP contribution in [0.3, 0.4) is 0 Å². The predicted molar refractivity (Wildman–Crippen MR) is 95.0 cm³/mol. The average Bonchev–Trinajstić information content (AvgIpc) is 3.04. The summed E-state index contributed by atoms with van der Waals surface area (Å²) in [7, 11) is 1.65. The van der Waals surface area contributed by atoms with E-state index in [0.29, 0.717) is 18.9 Å². The van der Waals surface area contributed by atoms with E-state index in [1.165, 1.54) is 18.2 Å². The van der Waals surface area contributed by atoms with E-state index < -0.39 is 11.6 Å². The van der Waals surface area contributed by atoms with Crippen LogP contribution in [0.15, 0.2) is 46.0 Å². The average molecular weight is 433 g/mol. The van der Waals surface area contributed by atoms with Gasteiger partial charge in [0.25, 0.3) is 0 Å². The molecule has 2 aromatic rings. The van der Waals surface area contributed by atoms with Crippen LogP contribution in [-0.2, 0) is 6.54 Å². The minimum Gasteiger partial charge on any atom is -0.467 e. The second kappa shape index (κ2) is 7.76. The predicted octanol–water partition coefficient (Wildman–Crippen LogP) is 3.40. The van der Waals surface area contributed by atoms with Crippen LogP contribution >= 0.6 is 24.0 Å². The SMILES string of the molecule is CN=C(NCc1ccco1)NC1CC1c1c(F)cccc1F.I. The van der Waals surface area contributed by atoms with E-state index >= 15 is 0 Å². The quantitative estimate of drug-likeness (QED) is 0.442. The van der Waals surface area contributed by atoms with Crippen LogP contribution in [0.25, 0.3) is 0 Å². The van der Waals surface area contributed by atoms with Crippen LogP contribution < -0.4 is 10.6 Å². The van der Waals surface area contributed by atoms with Crippen LogP contribution in [-0.4, -0.2) is 19.0 Å². The van der Waals surface area contributed by atoms with Crippen molar-refractivity contribution in [3.05, 3.63) is 59.6 Å². The summed E-state index contributed by atoms with van der Waals surface area (Å²) in [6.07, 6.45) is 2.28. The molecular weight excluding hydrogens is 415 g/mol. The molecule has 1 aromatic heterocycles. The van der Waals surface area contributed by atoms with Crippen molar-refractivity contribution in [2.45, 2.75) is 24.9 Å². The lowest BCUT2D eigenvalue weighted by molar-refractivity contribution is 0.501. The number of hydrogen-bond acceptors (Lipinski definition) is 2. The van der Waals surface area contributed by atoms with Crippen LogP contribution in [0.4, 0.5) is 8.78 Å². The number of benzene rings is 1. The molecule has 1 fully saturated rings. The highest BCUT2D eigenvalue weighted by molar-refractivity contribution is 14.0. The monoisotopic (exact) mass is 433 g/mol. The Morgan fingerprint density at radius 3 is 2.61 bits per heavy atom. The Balaban J connectivity index is 0.00000192. The fraction of sp³-hybridized carbons (Fsp3) is 0.312. The summed E-state index contributed by atoms with van der Waals surface area (Å²) in [4.78, 5) is 4.11. The smallest absolute Gasteiger partial charge is 0.191 e. The summed E-state index contributed by atoms with van der Waals surface area (Å²) >= 11 is 0. The molecule has 1 aromatic carbocycles. The zero-order valence-electron chi connectivity index (χ0n) is 12.6. The Hall–Kier alpha value is -1.64. The van der Waals surface area contributed by atoms with Crippen LogP contribution in [0.2, 0.25) is 0 Å². The minimum atomic E-state index is -0.493. The number of hydrogen-bond donors (Lipinski definition) is 2. The molecule has 1 aliphatic rings. The Labute approximate surface area is 150 Å². The second-order valence-corrected chi connectivity index (χ2v) is 5.23. The number of aliphatic imine (C=N–C) groups is 1. The van der Waals surface area contributed by atoms with E-state index in [1.807, 2.05) is 12.1 Å². The molecule has 0 spiro atoms. The number of nitrogens with one attached hydrogen (secondary N) is 2. The van der Waals surface area contributed by atoms with Crippen molar-refractivity contribution >= 4 is 29.9 Å². The molecule has 2 N–H and O–H groups in total. The van der Waals surface area contributed by atoms with Gasteiger partial charge in [0.15, 0.2) is 5.96 Å². The molecular formula is C16H18F2IN3O. The van der Waals surface area contributed by atoms with Gasteiger partial charge < -0.3 is 15.1 Å². The molecule has 0 aliphatic heterocycles. The minimum absolute atomic E-state index is 0. The summed E-state index contributed by atoms with van der Waals surface area (Å²) in [6.45, 7) is 0.498. The molecule has 124 valence electrons. The third-order valence-corrected chi connectivity index (χ3v) is 3.72. The second-order valence-electron chi connectivity index (χ2n) is 5.23. The van der Waals surface area contributed by atoms with E-state index in [-0.39, 0.29) is 41.5 Å².